The smallest absolute Gasteiger partial charge is 0.379 e. The molecule has 1 saturated carbocycles. The van der Waals surface area contributed by atoms with Crippen molar-refractivity contribution >= 4 is 12.6 Å². The number of amidine groups is 1. The summed E-state index contributed by atoms with van der Waals surface area (Å²) in [4.78, 5) is 13.6. The molecule has 1 fully saturated rings. The Labute approximate surface area is 232 Å². The van der Waals surface area contributed by atoms with E-state index in [1.165, 1.54) is 13.5 Å². The van der Waals surface area contributed by atoms with Crippen molar-refractivity contribution in [1.29, 1.82) is 5.41 Å². The number of allylic oxidation sites excluding steroid dienone is 3. The summed E-state index contributed by atoms with van der Waals surface area (Å²) in [5.74, 6) is 0.560. The zero-order valence-electron chi connectivity index (χ0n) is 23.9. The first-order valence-corrected chi connectivity index (χ1v) is 12.3. The number of pyridine rings is 1. The van der Waals surface area contributed by atoms with Crippen molar-refractivity contribution in [1.82, 2.24) is 9.88 Å². The molecule has 0 saturated heterocycles. The van der Waals surface area contributed by atoms with Gasteiger partial charge in [-0.1, -0.05) is 26.3 Å². The Bertz CT molecular complexity index is 854. The van der Waals surface area contributed by atoms with E-state index in [0.29, 0.717) is 30.4 Å². The molecule has 0 unspecified atom stereocenters. The standard InChI is InChI=1S/C19H22F3N3O2.C2H6O.C2H6.CHF3.CH5N.CH2O/c1-12(7-13-3-2-4-13)25-10-15(5-6-18(25)23)27-19-16(26-11-17(21)22)8-14(20)9-24-19;1-3-2;1-2;2-1(3)4;2*1-2/h7-10,13,17,23H,2-6,11H2,1H3;1-2H3;1-2H3;1H;2H2,1H3;1H2/b12-7+,23-18?;;;;;. The van der Waals surface area contributed by atoms with Gasteiger partial charge in [0.25, 0.3) is 12.3 Å². The highest BCUT2D eigenvalue weighted by Crippen LogP contribution is 2.32. The fourth-order valence-corrected chi connectivity index (χ4v) is 2.93. The topological polar surface area (TPSA) is 111 Å². The molecule has 3 rings (SSSR count). The SMILES string of the molecule is C/C(=C\C1CCC1)N1C=C(Oc2ncc(F)cc2OCC(F)F)CCC1=N.C=O.CC.CN.COC.FC(F)F. The van der Waals surface area contributed by atoms with Gasteiger partial charge in [-0.2, -0.15) is 13.2 Å². The van der Waals surface area contributed by atoms with Crippen LogP contribution in [0, 0.1) is 17.1 Å². The molecular weight excluding hydrogens is 546 g/mol. The summed E-state index contributed by atoms with van der Waals surface area (Å²) in [6.07, 6.45) is 6.58. The van der Waals surface area contributed by atoms with Crippen molar-refractivity contribution in [3.8, 4) is 11.6 Å². The Hall–Kier alpha value is -3.13. The van der Waals surface area contributed by atoms with Crippen LogP contribution >= 0.6 is 0 Å². The molecule has 1 aliphatic heterocycles. The van der Waals surface area contributed by atoms with Crippen LogP contribution in [0.4, 0.5) is 26.3 Å². The minimum Gasteiger partial charge on any atom is -0.482 e. The molecule has 3 N–H and O–H groups in total. The van der Waals surface area contributed by atoms with E-state index < -0.39 is 25.5 Å². The van der Waals surface area contributed by atoms with Crippen molar-refractivity contribution in [2.45, 2.75) is 66.0 Å². The van der Waals surface area contributed by atoms with E-state index in [1.807, 2.05) is 27.6 Å². The molecule has 0 radical (unpaired) electrons. The summed E-state index contributed by atoms with van der Waals surface area (Å²) in [5.41, 5.74) is 5.45. The first-order valence-electron chi connectivity index (χ1n) is 12.3. The van der Waals surface area contributed by atoms with Gasteiger partial charge in [0, 0.05) is 45.0 Å². The molecule has 2 heterocycles. The van der Waals surface area contributed by atoms with Gasteiger partial charge >= 0.3 is 6.68 Å². The fourth-order valence-electron chi connectivity index (χ4n) is 2.93. The van der Waals surface area contributed by atoms with Crippen LogP contribution in [0.5, 0.6) is 11.6 Å². The molecule has 1 aromatic heterocycles. The number of rotatable bonds is 7. The lowest BCUT2D eigenvalue weighted by Gasteiger charge is -2.30. The first-order chi connectivity index (χ1) is 19.1. The Balaban J connectivity index is -0.000000905. The van der Waals surface area contributed by atoms with Crippen LogP contribution in [0.2, 0.25) is 0 Å². The van der Waals surface area contributed by atoms with Crippen molar-refractivity contribution in [3.05, 3.63) is 41.8 Å². The average Bonchev–Trinajstić information content (AvgIpc) is 2.91. The first kappa shape index (κ1) is 41.4. The van der Waals surface area contributed by atoms with Gasteiger partial charge in [0.1, 0.15) is 30.8 Å². The maximum atomic E-state index is 13.4. The largest absolute Gasteiger partial charge is 0.482 e. The average molecular weight is 589 g/mol. The van der Waals surface area contributed by atoms with Crippen LogP contribution in [0.25, 0.3) is 0 Å². The predicted octanol–water partition coefficient (Wildman–Crippen LogP) is 6.72. The number of nitrogens with one attached hydrogen (secondary N) is 1. The number of methoxy groups -OCH3 is 1. The maximum absolute atomic E-state index is 13.4. The summed E-state index contributed by atoms with van der Waals surface area (Å²) in [5, 5.41) is 8.16. The molecule has 232 valence electrons. The molecule has 0 atom stereocenters. The van der Waals surface area contributed by atoms with E-state index >= 15 is 0 Å². The molecule has 8 nitrogen and oxygen atoms in total. The lowest BCUT2D eigenvalue weighted by atomic mass is 9.85. The highest BCUT2D eigenvalue weighted by atomic mass is 19.4. The highest BCUT2D eigenvalue weighted by molar-refractivity contribution is 5.83. The van der Waals surface area contributed by atoms with Crippen molar-refractivity contribution in [2.75, 3.05) is 27.9 Å². The van der Waals surface area contributed by atoms with Gasteiger partial charge in [0.2, 0.25) is 0 Å². The number of aromatic nitrogens is 1. The number of carbonyl (C=O) groups excluding carboxylic acids is 1. The zero-order valence-corrected chi connectivity index (χ0v) is 23.9. The van der Waals surface area contributed by atoms with Gasteiger partial charge in [0.15, 0.2) is 5.75 Å². The lowest BCUT2D eigenvalue weighted by Crippen LogP contribution is -2.29. The molecule has 14 heteroatoms. The van der Waals surface area contributed by atoms with Crippen molar-refractivity contribution in [3.63, 3.8) is 0 Å². The molecule has 40 heavy (non-hydrogen) atoms. The third kappa shape index (κ3) is 19.0. The van der Waals surface area contributed by atoms with Crippen molar-refractivity contribution in [2.24, 2.45) is 11.7 Å². The molecule has 1 aromatic rings. The Kier molecular flexibility index (Phi) is 27.0. The van der Waals surface area contributed by atoms with E-state index in [2.05, 4.69) is 21.5 Å². The molecule has 2 aliphatic rings. The zero-order chi connectivity index (χ0) is 31.7. The lowest BCUT2D eigenvalue weighted by molar-refractivity contribution is -0.0980. The minimum atomic E-state index is -3.67. The molecular formula is C26H42F6N4O4. The number of hydrogen-bond acceptors (Lipinski definition) is 7. The second-order valence-corrected chi connectivity index (χ2v) is 7.33. The second kappa shape index (κ2) is 26.1. The molecule has 0 bridgehead atoms. The number of hydrogen-bond donors (Lipinski definition) is 2. The molecule has 0 amide bonds. The number of nitrogens with two attached hydrogens (primary N) is 1. The molecule has 1 aliphatic carbocycles. The number of nitrogens with zero attached hydrogens (tertiary/aromatic N) is 2. The van der Waals surface area contributed by atoms with Gasteiger partial charge in [-0.15, -0.1) is 0 Å². The van der Waals surface area contributed by atoms with Crippen LogP contribution in [0.3, 0.4) is 0 Å². The second-order valence-electron chi connectivity index (χ2n) is 7.33. The summed E-state index contributed by atoms with van der Waals surface area (Å²) < 4.78 is 82.1. The van der Waals surface area contributed by atoms with Gasteiger partial charge in [-0.25, -0.2) is 18.2 Å². The highest BCUT2D eigenvalue weighted by Gasteiger charge is 2.22. The quantitative estimate of drug-likeness (QED) is 0.340. The van der Waals surface area contributed by atoms with E-state index in [1.54, 1.807) is 25.3 Å². The third-order valence-corrected chi connectivity index (χ3v) is 4.56. The minimum absolute atomic E-state index is 0.0719. The van der Waals surface area contributed by atoms with E-state index in [4.69, 9.17) is 19.7 Å². The van der Waals surface area contributed by atoms with Crippen LogP contribution in [-0.4, -0.2) is 63.5 Å². The summed E-state index contributed by atoms with van der Waals surface area (Å²) in [6, 6.07) is 0.968. The van der Waals surface area contributed by atoms with Crippen molar-refractivity contribution < 1.29 is 45.3 Å². The summed E-state index contributed by atoms with van der Waals surface area (Å²) in [7, 11) is 4.75. The number of ether oxygens (including phenoxy) is 3. The normalized spacial score (nSPS) is 14.2. The van der Waals surface area contributed by atoms with Crippen LogP contribution in [0.15, 0.2) is 36.0 Å². The van der Waals surface area contributed by atoms with Gasteiger partial charge in [-0.05, 0) is 32.7 Å². The predicted molar refractivity (Wildman–Crippen MR) is 143 cm³/mol. The molecule has 0 spiro atoms. The fraction of sp³-hybridized carbons (Fsp3) is 0.577. The molecule has 0 aromatic carbocycles. The summed E-state index contributed by atoms with van der Waals surface area (Å²) >= 11 is 0. The Morgan fingerprint density at radius 3 is 2.15 bits per heavy atom. The van der Waals surface area contributed by atoms with Crippen LogP contribution < -0.4 is 15.2 Å². The maximum Gasteiger partial charge on any atom is 0.379 e. The van der Waals surface area contributed by atoms with E-state index in [-0.39, 0.29) is 11.6 Å². The van der Waals surface area contributed by atoms with Crippen LogP contribution in [-0.2, 0) is 9.53 Å². The number of carbonyl (C=O) groups is 1. The summed E-state index contributed by atoms with van der Waals surface area (Å²) in [6.45, 7) is 3.40. The third-order valence-electron chi connectivity index (χ3n) is 4.56. The van der Waals surface area contributed by atoms with Gasteiger partial charge < -0.3 is 29.6 Å². The number of halogens is 6. The Morgan fingerprint density at radius 1 is 1.18 bits per heavy atom. The van der Waals surface area contributed by atoms with Gasteiger partial charge in [0.05, 0.1) is 6.20 Å². The van der Waals surface area contributed by atoms with E-state index in [9.17, 15) is 26.3 Å². The number of alkyl halides is 5. The Morgan fingerprint density at radius 2 is 1.70 bits per heavy atom. The monoisotopic (exact) mass is 588 g/mol. The van der Waals surface area contributed by atoms with E-state index in [0.717, 1.165) is 30.8 Å². The van der Waals surface area contributed by atoms with Crippen LogP contribution in [0.1, 0.15) is 52.9 Å². The van der Waals surface area contributed by atoms with Gasteiger partial charge in [-0.3, -0.25) is 5.41 Å².